The maximum atomic E-state index is 11.7. The average Bonchev–Trinajstić information content (AvgIpc) is 3.43. The second-order valence-electron chi connectivity index (χ2n) is 7.21. The van der Waals surface area contributed by atoms with Crippen molar-refractivity contribution in [2.24, 2.45) is 4.99 Å². The molecule has 1 amide bonds. The predicted octanol–water partition coefficient (Wildman–Crippen LogP) is 2.36. The molecule has 2 aromatic rings. The van der Waals surface area contributed by atoms with Crippen molar-refractivity contribution in [2.45, 2.75) is 38.8 Å². The highest BCUT2D eigenvalue weighted by Crippen LogP contribution is 2.18. The van der Waals surface area contributed by atoms with Gasteiger partial charge in [0, 0.05) is 32.1 Å². The number of amides is 1. The molecule has 1 heterocycles. The van der Waals surface area contributed by atoms with Crippen LogP contribution in [0.2, 0.25) is 0 Å². The molecule has 2 N–H and O–H groups in total. The minimum Gasteiger partial charge on any atom is -0.484 e. The summed E-state index contributed by atoms with van der Waals surface area (Å²) < 4.78 is 5.54. The summed E-state index contributed by atoms with van der Waals surface area (Å²) in [5.74, 6) is 1.50. The number of hydrogen-bond donors (Lipinski definition) is 2. The molecule has 7 nitrogen and oxygen atoms in total. The molecule has 1 saturated carbocycles. The van der Waals surface area contributed by atoms with E-state index in [4.69, 9.17) is 4.74 Å². The highest BCUT2D eigenvalue weighted by atomic mass is 32.1. The van der Waals surface area contributed by atoms with Gasteiger partial charge >= 0.3 is 0 Å². The van der Waals surface area contributed by atoms with Gasteiger partial charge in [-0.1, -0.05) is 12.1 Å². The number of carbonyl (C=O) groups excluding carboxylic acids is 1. The second kappa shape index (κ2) is 10.2. The fraction of sp³-hybridized carbons (Fsp3) is 0.476. The molecular weight excluding hydrogens is 386 g/mol. The Labute approximate surface area is 176 Å². The van der Waals surface area contributed by atoms with Crippen LogP contribution in [-0.2, 0) is 17.8 Å². The largest absolute Gasteiger partial charge is 0.484 e. The van der Waals surface area contributed by atoms with Gasteiger partial charge in [0.15, 0.2) is 12.6 Å². The van der Waals surface area contributed by atoms with Crippen molar-refractivity contribution in [2.75, 3.05) is 27.2 Å². The molecule has 1 aromatic carbocycles. The monoisotopic (exact) mass is 415 g/mol. The van der Waals surface area contributed by atoms with Crippen molar-refractivity contribution in [3.05, 3.63) is 45.9 Å². The number of ether oxygens (including phenoxy) is 1. The number of guanidine groups is 1. The third-order valence-corrected chi connectivity index (χ3v) is 5.39. The first-order chi connectivity index (χ1) is 14.0. The van der Waals surface area contributed by atoms with Crippen LogP contribution in [-0.4, -0.2) is 55.0 Å². The highest BCUT2D eigenvalue weighted by Gasteiger charge is 2.23. The number of aryl methyl sites for hydroxylation is 1. The minimum absolute atomic E-state index is 0.0518. The van der Waals surface area contributed by atoms with E-state index in [1.165, 1.54) is 5.56 Å². The number of carbonyl (C=O) groups is 1. The summed E-state index contributed by atoms with van der Waals surface area (Å²) in [6.45, 7) is 3.58. The first kappa shape index (κ1) is 21.1. The average molecular weight is 416 g/mol. The van der Waals surface area contributed by atoms with E-state index in [1.807, 2.05) is 38.2 Å². The summed E-state index contributed by atoms with van der Waals surface area (Å²) in [6.07, 6.45) is 3.03. The number of aromatic nitrogens is 1. The molecule has 8 heteroatoms. The van der Waals surface area contributed by atoms with Crippen LogP contribution >= 0.6 is 11.3 Å². The molecule has 1 aromatic heterocycles. The van der Waals surface area contributed by atoms with E-state index in [1.54, 1.807) is 18.4 Å². The Morgan fingerprint density at radius 2 is 2.10 bits per heavy atom. The molecule has 0 aliphatic heterocycles. The van der Waals surface area contributed by atoms with Gasteiger partial charge in [-0.25, -0.2) is 4.98 Å². The molecule has 1 fully saturated rings. The molecule has 0 atom stereocenters. The standard InChI is InChI=1S/C21H29N5O2S/c1-15-24-18(14-29-15)12-26(3)21(22-2)23-11-10-16-4-8-19(9-5-16)28-13-20(27)25-17-6-7-17/h4-5,8-9,14,17H,6-7,10-13H2,1-3H3,(H,22,23)(H,25,27). The van der Waals surface area contributed by atoms with Crippen LogP contribution in [0.1, 0.15) is 29.1 Å². The summed E-state index contributed by atoms with van der Waals surface area (Å²) in [6, 6.07) is 8.24. The van der Waals surface area contributed by atoms with E-state index in [2.05, 4.69) is 30.9 Å². The molecule has 1 aliphatic carbocycles. The second-order valence-corrected chi connectivity index (χ2v) is 8.27. The number of benzene rings is 1. The number of thiazole rings is 1. The Kier molecular flexibility index (Phi) is 7.46. The van der Waals surface area contributed by atoms with Crippen LogP contribution in [0.3, 0.4) is 0 Å². The number of aliphatic imine (C=N–C) groups is 1. The van der Waals surface area contributed by atoms with Gasteiger partial charge in [0.05, 0.1) is 17.2 Å². The Bertz CT molecular complexity index is 830. The van der Waals surface area contributed by atoms with Crippen molar-refractivity contribution in [1.29, 1.82) is 0 Å². The zero-order valence-corrected chi connectivity index (χ0v) is 18.1. The van der Waals surface area contributed by atoms with Crippen LogP contribution in [0.4, 0.5) is 0 Å². The first-order valence-electron chi connectivity index (χ1n) is 9.87. The van der Waals surface area contributed by atoms with Gasteiger partial charge < -0.3 is 20.3 Å². The molecule has 156 valence electrons. The third-order valence-electron chi connectivity index (χ3n) is 4.57. The van der Waals surface area contributed by atoms with Gasteiger partial charge in [-0.15, -0.1) is 11.3 Å². The molecule has 29 heavy (non-hydrogen) atoms. The van der Waals surface area contributed by atoms with E-state index >= 15 is 0 Å². The maximum Gasteiger partial charge on any atom is 0.258 e. The van der Waals surface area contributed by atoms with Crippen molar-refractivity contribution >= 4 is 23.2 Å². The molecule has 3 rings (SSSR count). The van der Waals surface area contributed by atoms with Crippen LogP contribution < -0.4 is 15.4 Å². The number of hydrogen-bond acceptors (Lipinski definition) is 5. The fourth-order valence-corrected chi connectivity index (χ4v) is 3.50. The maximum absolute atomic E-state index is 11.7. The number of rotatable bonds is 9. The lowest BCUT2D eigenvalue weighted by Crippen LogP contribution is -2.39. The van der Waals surface area contributed by atoms with Gasteiger partial charge in [-0.2, -0.15) is 0 Å². The van der Waals surface area contributed by atoms with Gasteiger partial charge in [0.1, 0.15) is 5.75 Å². The van der Waals surface area contributed by atoms with E-state index < -0.39 is 0 Å². The van der Waals surface area contributed by atoms with E-state index in [-0.39, 0.29) is 12.5 Å². The summed E-state index contributed by atoms with van der Waals surface area (Å²) in [4.78, 5) is 22.6. The third kappa shape index (κ3) is 7.05. The fourth-order valence-electron chi connectivity index (χ4n) is 2.90. The van der Waals surface area contributed by atoms with Gasteiger partial charge in [0.25, 0.3) is 5.91 Å². The smallest absolute Gasteiger partial charge is 0.258 e. The quantitative estimate of drug-likeness (QED) is 0.486. The Morgan fingerprint density at radius 1 is 1.34 bits per heavy atom. The number of nitrogens with zero attached hydrogens (tertiary/aromatic N) is 3. The van der Waals surface area contributed by atoms with Gasteiger partial charge in [0.2, 0.25) is 0 Å². The first-order valence-corrected chi connectivity index (χ1v) is 10.8. The lowest BCUT2D eigenvalue weighted by molar-refractivity contribution is -0.123. The lowest BCUT2D eigenvalue weighted by atomic mass is 10.1. The summed E-state index contributed by atoms with van der Waals surface area (Å²) in [5, 5.41) is 9.46. The zero-order valence-electron chi connectivity index (χ0n) is 17.3. The van der Waals surface area contributed by atoms with E-state index in [0.29, 0.717) is 11.8 Å². The van der Waals surface area contributed by atoms with Crippen molar-refractivity contribution in [3.8, 4) is 5.75 Å². The van der Waals surface area contributed by atoms with Crippen molar-refractivity contribution < 1.29 is 9.53 Å². The zero-order chi connectivity index (χ0) is 20.6. The Balaban J connectivity index is 1.38. The predicted molar refractivity (Wildman–Crippen MR) is 116 cm³/mol. The molecule has 0 unspecified atom stereocenters. The van der Waals surface area contributed by atoms with Crippen molar-refractivity contribution in [1.82, 2.24) is 20.5 Å². The Morgan fingerprint density at radius 3 is 2.72 bits per heavy atom. The summed E-state index contributed by atoms with van der Waals surface area (Å²) in [5.41, 5.74) is 2.25. The lowest BCUT2D eigenvalue weighted by Gasteiger charge is -2.21. The van der Waals surface area contributed by atoms with Crippen LogP contribution in [0.15, 0.2) is 34.6 Å². The molecule has 0 saturated heterocycles. The minimum atomic E-state index is -0.0518. The SMILES string of the molecule is CN=C(NCCc1ccc(OCC(=O)NC2CC2)cc1)N(C)Cc1csc(C)n1. The molecule has 1 aliphatic rings. The normalized spacial score (nSPS) is 13.8. The van der Waals surface area contributed by atoms with Gasteiger partial charge in [-0.3, -0.25) is 9.79 Å². The topological polar surface area (TPSA) is 78.9 Å². The Hall–Kier alpha value is -2.61. The molecule has 0 spiro atoms. The van der Waals surface area contributed by atoms with Crippen LogP contribution in [0.25, 0.3) is 0 Å². The summed E-state index contributed by atoms with van der Waals surface area (Å²) >= 11 is 1.66. The van der Waals surface area contributed by atoms with E-state index in [0.717, 1.165) is 49.0 Å². The molecular formula is C21H29N5O2S. The van der Waals surface area contributed by atoms with Gasteiger partial charge in [-0.05, 0) is 43.9 Å². The van der Waals surface area contributed by atoms with Crippen molar-refractivity contribution in [3.63, 3.8) is 0 Å². The molecule has 0 radical (unpaired) electrons. The molecule has 0 bridgehead atoms. The van der Waals surface area contributed by atoms with Crippen LogP contribution in [0.5, 0.6) is 5.75 Å². The summed E-state index contributed by atoms with van der Waals surface area (Å²) in [7, 11) is 3.80. The van der Waals surface area contributed by atoms with E-state index in [9.17, 15) is 4.79 Å². The number of nitrogens with one attached hydrogen (secondary N) is 2. The van der Waals surface area contributed by atoms with Crippen LogP contribution in [0, 0.1) is 6.92 Å². The highest BCUT2D eigenvalue weighted by molar-refractivity contribution is 7.09.